The summed E-state index contributed by atoms with van der Waals surface area (Å²) in [6, 6.07) is 2.69. The third-order valence-corrected chi connectivity index (χ3v) is 2.79. The van der Waals surface area contributed by atoms with Crippen LogP contribution in [-0.4, -0.2) is 10.7 Å². The fourth-order valence-corrected chi connectivity index (χ4v) is 1.91. The van der Waals surface area contributed by atoms with Crippen molar-refractivity contribution in [2.45, 2.75) is 6.92 Å². The maximum atomic E-state index is 11.1. The highest BCUT2D eigenvalue weighted by Gasteiger charge is 2.18. The summed E-state index contributed by atoms with van der Waals surface area (Å²) in [5, 5.41) is 10.6. The van der Waals surface area contributed by atoms with Crippen LogP contribution in [0.3, 0.4) is 0 Å². The van der Waals surface area contributed by atoms with E-state index in [1.165, 1.54) is 19.1 Å². The standard InChI is InChI=1S/C8H7IN2O3/c1-4(12)6-2-5(10)3-7(8(6)9)11(13)14/h2-3H,10H2,1H3. The lowest BCUT2D eigenvalue weighted by Crippen LogP contribution is -2.02. The molecule has 0 amide bonds. The predicted molar refractivity (Wildman–Crippen MR) is 60.2 cm³/mol. The van der Waals surface area contributed by atoms with Gasteiger partial charge in [-0.15, -0.1) is 0 Å². The van der Waals surface area contributed by atoms with Crippen LogP contribution in [0.2, 0.25) is 0 Å². The topological polar surface area (TPSA) is 86.2 Å². The number of nitro benzene ring substituents is 1. The second kappa shape index (κ2) is 3.91. The highest BCUT2D eigenvalue weighted by molar-refractivity contribution is 14.1. The molecule has 0 bridgehead atoms. The second-order valence-electron chi connectivity index (χ2n) is 2.71. The van der Waals surface area contributed by atoms with Crippen LogP contribution in [-0.2, 0) is 0 Å². The second-order valence-corrected chi connectivity index (χ2v) is 3.79. The minimum absolute atomic E-state index is 0.129. The number of hydrogen-bond acceptors (Lipinski definition) is 4. The Morgan fingerprint density at radius 1 is 1.57 bits per heavy atom. The molecule has 0 fully saturated rings. The molecule has 0 aliphatic heterocycles. The maximum Gasteiger partial charge on any atom is 0.285 e. The zero-order valence-electron chi connectivity index (χ0n) is 7.28. The number of Topliss-reactive ketones (excluding diaryl/α,β-unsaturated/α-hetero) is 1. The molecule has 0 atom stereocenters. The van der Waals surface area contributed by atoms with Gasteiger partial charge < -0.3 is 5.73 Å². The van der Waals surface area contributed by atoms with Crippen LogP contribution in [0.15, 0.2) is 12.1 Å². The minimum atomic E-state index is -0.551. The van der Waals surface area contributed by atoms with E-state index in [2.05, 4.69) is 0 Å². The Balaban J connectivity index is 3.47. The molecule has 1 aromatic rings. The Morgan fingerprint density at radius 2 is 2.14 bits per heavy atom. The summed E-state index contributed by atoms with van der Waals surface area (Å²) in [6.45, 7) is 1.35. The van der Waals surface area contributed by atoms with E-state index < -0.39 is 4.92 Å². The molecule has 2 N–H and O–H groups in total. The van der Waals surface area contributed by atoms with Crippen molar-refractivity contribution in [1.82, 2.24) is 0 Å². The lowest BCUT2D eigenvalue weighted by atomic mass is 10.1. The summed E-state index contributed by atoms with van der Waals surface area (Å²) < 4.78 is 0.328. The van der Waals surface area contributed by atoms with Gasteiger partial charge in [0.05, 0.1) is 4.92 Å². The van der Waals surface area contributed by atoms with Crippen molar-refractivity contribution < 1.29 is 9.72 Å². The first-order valence-corrected chi connectivity index (χ1v) is 4.75. The number of rotatable bonds is 2. The number of ketones is 1. The molecule has 0 saturated carbocycles. The number of carbonyl (C=O) groups is 1. The van der Waals surface area contributed by atoms with E-state index in [0.29, 0.717) is 3.57 Å². The van der Waals surface area contributed by atoms with E-state index >= 15 is 0 Å². The van der Waals surface area contributed by atoms with Crippen molar-refractivity contribution in [3.05, 3.63) is 31.4 Å². The fraction of sp³-hybridized carbons (Fsp3) is 0.125. The lowest BCUT2D eigenvalue weighted by molar-refractivity contribution is -0.385. The number of nitrogen functional groups attached to an aromatic ring is 1. The Labute approximate surface area is 93.6 Å². The maximum absolute atomic E-state index is 11.1. The Bertz CT molecular complexity index is 382. The van der Waals surface area contributed by atoms with Crippen LogP contribution in [0, 0.1) is 13.7 Å². The molecule has 0 spiro atoms. The Kier molecular flexibility index (Phi) is 3.04. The number of nitrogens with two attached hydrogens (primary N) is 1. The molecule has 0 aliphatic rings. The number of hydrogen-bond donors (Lipinski definition) is 1. The number of halogens is 1. The molecule has 5 nitrogen and oxygen atoms in total. The van der Waals surface area contributed by atoms with Gasteiger partial charge in [0, 0.05) is 17.3 Å². The van der Waals surface area contributed by atoms with E-state index in [0.717, 1.165) is 0 Å². The molecular weight excluding hydrogens is 299 g/mol. The quantitative estimate of drug-likeness (QED) is 0.298. The van der Waals surface area contributed by atoms with Crippen molar-refractivity contribution in [2.24, 2.45) is 0 Å². The van der Waals surface area contributed by atoms with E-state index in [-0.39, 0.29) is 22.7 Å². The predicted octanol–water partition coefficient (Wildman–Crippen LogP) is 1.98. The summed E-state index contributed by atoms with van der Waals surface area (Å²) in [4.78, 5) is 21.1. The van der Waals surface area contributed by atoms with Gasteiger partial charge >= 0.3 is 0 Å². The van der Waals surface area contributed by atoms with Crippen LogP contribution in [0.5, 0.6) is 0 Å². The molecular formula is C8H7IN2O3. The largest absolute Gasteiger partial charge is 0.399 e. The van der Waals surface area contributed by atoms with Gasteiger partial charge in [0.25, 0.3) is 5.69 Å². The molecule has 74 valence electrons. The van der Waals surface area contributed by atoms with Crippen molar-refractivity contribution >= 4 is 39.7 Å². The average molecular weight is 306 g/mol. The number of carbonyl (C=O) groups excluding carboxylic acids is 1. The first-order chi connectivity index (χ1) is 6.43. The van der Waals surface area contributed by atoms with Gasteiger partial charge in [-0.2, -0.15) is 0 Å². The number of nitrogens with zero attached hydrogens (tertiary/aromatic N) is 1. The van der Waals surface area contributed by atoms with Crippen molar-refractivity contribution in [1.29, 1.82) is 0 Å². The fourth-order valence-electron chi connectivity index (χ4n) is 1.02. The van der Waals surface area contributed by atoms with E-state index in [1.54, 1.807) is 22.6 Å². The molecule has 0 aliphatic carbocycles. The van der Waals surface area contributed by atoms with Gasteiger partial charge in [0.2, 0.25) is 0 Å². The van der Waals surface area contributed by atoms with Crippen LogP contribution >= 0.6 is 22.6 Å². The lowest BCUT2D eigenvalue weighted by Gasteiger charge is -2.02. The Morgan fingerprint density at radius 3 is 2.57 bits per heavy atom. The molecule has 0 radical (unpaired) electrons. The number of nitro groups is 1. The molecule has 1 aromatic carbocycles. The van der Waals surface area contributed by atoms with Crippen LogP contribution in [0.1, 0.15) is 17.3 Å². The van der Waals surface area contributed by atoms with E-state index in [1.807, 2.05) is 0 Å². The average Bonchev–Trinajstić information content (AvgIpc) is 2.07. The highest BCUT2D eigenvalue weighted by Crippen LogP contribution is 2.27. The third-order valence-electron chi connectivity index (χ3n) is 1.65. The van der Waals surface area contributed by atoms with Gasteiger partial charge in [-0.1, -0.05) is 0 Å². The minimum Gasteiger partial charge on any atom is -0.399 e. The smallest absolute Gasteiger partial charge is 0.285 e. The van der Waals surface area contributed by atoms with Crippen molar-refractivity contribution in [2.75, 3.05) is 5.73 Å². The molecule has 14 heavy (non-hydrogen) atoms. The highest BCUT2D eigenvalue weighted by atomic mass is 127. The van der Waals surface area contributed by atoms with Gasteiger partial charge in [-0.05, 0) is 35.6 Å². The first-order valence-electron chi connectivity index (χ1n) is 3.68. The first kappa shape index (κ1) is 10.9. The summed E-state index contributed by atoms with van der Waals surface area (Å²) in [7, 11) is 0. The summed E-state index contributed by atoms with van der Waals surface area (Å²) in [5.74, 6) is -0.232. The molecule has 1 rings (SSSR count). The van der Waals surface area contributed by atoms with Gasteiger partial charge in [-0.25, -0.2) is 0 Å². The summed E-state index contributed by atoms with van der Waals surface area (Å²) in [6.07, 6.45) is 0. The Hall–Kier alpha value is -1.18. The zero-order valence-corrected chi connectivity index (χ0v) is 9.44. The summed E-state index contributed by atoms with van der Waals surface area (Å²) >= 11 is 1.77. The molecule has 0 heterocycles. The van der Waals surface area contributed by atoms with Crippen molar-refractivity contribution in [3.8, 4) is 0 Å². The normalized spacial score (nSPS) is 9.86. The van der Waals surface area contributed by atoms with Crippen LogP contribution < -0.4 is 5.73 Å². The van der Waals surface area contributed by atoms with Crippen LogP contribution in [0.4, 0.5) is 11.4 Å². The van der Waals surface area contributed by atoms with E-state index in [9.17, 15) is 14.9 Å². The zero-order chi connectivity index (χ0) is 10.9. The molecule has 6 heteroatoms. The van der Waals surface area contributed by atoms with E-state index in [4.69, 9.17) is 5.73 Å². The third kappa shape index (κ3) is 2.00. The molecule has 0 aromatic heterocycles. The van der Waals surface area contributed by atoms with Gasteiger partial charge in [0.15, 0.2) is 5.78 Å². The SMILES string of the molecule is CC(=O)c1cc(N)cc([N+](=O)[O-])c1I. The number of anilines is 1. The van der Waals surface area contributed by atoms with Gasteiger partial charge in [-0.3, -0.25) is 14.9 Å². The monoisotopic (exact) mass is 306 g/mol. The summed E-state index contributed by atoms with van der Waals surface area (Å²) in [5.41, 5.74) is 5.83. The number of benzene rings is 1. The van der Waals surface area contributed by atoms with Crippen molar-refractivity contribution in [3.63, 3.8) is 0 Å². The molecule has 0 saturated heterocycles. The molecule has 0 unspecified atom stereocenters. The van der Waals surface area contributed by atoms with Crippen LogP contribution in [0.25, 0.3) is 0 Å². The van der Waals surface area contributed by atoms with Gasteiger partial charge in [0.1, 0.15) is 3.57 Å².